The van der Waals surface area contributed by atoms with Gasteiger partial charge in [-0.3, -0.25) is 0 Å². The van der Waals surface area contributed by atoms with E-state index in [1.807, 2.05) is 0 Å². The number of hydrogen-bond donors (Lipinski definition) is 1. The third-order valence-corrected chi connectivity index (χ3v) is 4.40. The first-order valence-electron chi connectivity index (χ1n) is 7.98. The minimum atomic E-state index is 1.03. The Bertz CT molecular complexity index is 682. The van der Waals surface area contributed by atoms with Crippen LogP contribution in [0.5, 0.6) is 0 Å². The van der Waals surface area contributed by atoms with E-state index in [1.54, 1.807) is 0 Å². The molecule has 114 valence electrons. The molecule has 2 aromatic rings. The summed E-state index contributed by atoms with van der Waals surface area (Å²) in [4.78, 5) is 2.37. The van der Waals surface area contributed by atoms with E-state index in [4.69, 9.17) is 0 Å². The van der Waals surface area contributed by atoms with Crippen LogP contribution in [0.2, 0.25) is 0 Å². The van der Waals surface area contributed by atoms with E-state index in [0.717, 1.165) is 31.9 Å². The molecule has 2 nitrogen and oxygen atoms in total. The first-order chi connectivity index (χ1) is 10.6. The lowest BCUT2D eigenvalue weighted by Crippen LogP contribution is -2.42. The van der Waals surface area contributed by atoms with Crippen molar-refractivity contribution in [3.05, 3.63) is 65.7 Å². The van der Waals surface area contributed by atoms with Crippen LogP contribution in [-0.4, -0.2) is 31.1 Å². The summed E-state index contributed by atoms with van der Waals surface area (Å²) in [6, 6.07) is 15.4. The van der Waals surface area contributed by atoms with Crippen molar-refractivity contribution in [3.63, 3.8) is 0 Å². The van der Waals surface area contributed by atoms with Crippen molar-refractivity contribution < 1.29 is 0 Å². The fourth-order valence-electron chi connectivity index (χ4n) is 3.03. The van der Waals surface area contributed by atoms with E-state index >= 15 is 0 Å². The van der Waals surface area contributed by atoms with E-state index in [-0.39, 0.29) is 0 Å². The first kappa shape index (κ1) is 14.9. The van der Waals surface area contributed by atoms with Gasteiger partial charge < -0.3 is 10.2 Å². The Kier molecular flexibility index (Phi) is 4.30. The Morgan fingerprint density at radius 3 is 2.59 bits per heavy atom. The minimum absolute atomic E-state index is 1.03. The molecule has 0 spiro atoms. The van der Waals surface area contributed by atoms with Crippen molar-refractivity contribution in [3.8, 4) is 11.1 Å². The monoisotopic (exact) mass is 292 g/mol. The number of nitrogens with zero attached hydrogens (tertiary/aromatic N) is 1. The van der Waals surface area contributed by atoms with Crippen molar-refractivity contribution in [2.45, 2.75) is 13.8 Å². The molecule has 1 N–H and O–H groups in total. The van der Waals surface area contributed by atoms with Gasteiger partial charge in [-0.15, -0.1) is 0 Å². The van der Waals surface area contributed by atoms with Crippen LogP contribution in [0.15, 0.2) is 49.0 Å². The summed E-state index contributed by atoms with van der Waals surface area (Å²) in [5.74, 6) is 0. The highest BCUT2D eigenvalue weighted by Gasteiger charge is 2.13. The Hall–Kier alpha value is -2.06. The van der Waals surface area contributed by atoms with Gasteiger partial charge in [0.2, 0.25) is 0 Å². The third-order valence-electron chi connectivity index (χ3n) is 4.40. The number of benzene rings is 2. The molecular weight excluding hydrogens is 268 g/mol. The van der Waals surface area contributed by atoms with Gasteiger partial charge in [-0.25, -0.2) is 0 Å². The van der Waals surface area contributed by atoms with E-state index in [2.05, 4.69) is 73.1 Å². The first-order valence-corrected chi connectivity index (χ1v) is 7.98. The summed E-state index contributed by atoms with van der Waals surface area (Å²) in [6.07, 6.45) is 0. The molecule has 0 aromatic heterocycles. The number of piperazine rings is 1. The summed E-state index contributed by atoms with van der Waals surface area (Å²) in [7, 11) is 0. The molecule has 0 bridgehead atoms. The van der Waals surface area contributed by atoms with Crippen LogP contribution >= 0.6 is 0 Å². The highest BCUT2D eigenvalue weighted by molar-refractivity contribution is 5.73. The second-order valence-electron chi connectivity index (χ2n) is 6.08. The summed E-state index contributed by atoms with van der Waals surface area (Å²) in [6.45, 7) is 12.8. The lowest BCUT2D eigenvalue weighted by Gasteiger charge is -2.31. The summed E-state index contributed by atoms with van der Waals surface area (Å²) in [5, 5.41) is 3.39. The second-order valence-corrected chi connectivity index (χ2v) is 6.08. The molecular formula is C20H24N2. The molecule has 22 heavy (non-hydrogen) atoms. The fourth-order valence-corrected chi connectivity index (χ4v) is 3.03. The number of aryl methyl sites for hydroxylation is 2. The zero-order chi connectivity index (χ0) is 15.5. The Labute approximate surface area is 133 Å². The fraction of sp³-hybridized carbons (Fsp3) is 0.300. The molecule has 1 aliphatic heterocycles. The average molecular weight is 292 g/mol. The highest BCUT2D eigenvalue weighted by Crippen LogP contribution is 2.28. The van der Waals surface area contributed by atoms with Crippen LogP contribution < -0.4 is 5.32 Å². The Balaban J connectivity index is 1.92. The number of hydrogen-bond acceptors (Lipinski definition) is 2. The predicted molar refractivity (Wildman–Crippen MR) is 94.8 cm³/mol. The molecule has 1 fully saturated rings. The van der Waals surface area contributed by atoms with Crippen molar-refractivity contribution in [1.82, 2.24) is 10.2 Å². The Morgan fingerprint density at radius 2 is 1.82 bits per heavy atom. The molecule has 0 atom stereocenters. The number of nitrogens with one attached hydrogen (secondary N) is 1. The molecule has 3 rings (SSSR count). The molecule has 2 aromatic carbocycles. The summed E-state index contributed by atoms with van der Waals surface area (Å²) >= 11 is 0. The van der Waals surface area contributed by atoms with Crippen molar-refractivity contribution >= 4 is 5.70 Å². The number of rotatable bonds is 3. The van der Waals surface area contributed by atoms with Crippen molar-refractivity contribution in [1.29, 1.82) is 0 Å². The third kappa shape index (κ3) is 3.07. The van der Waals surface area contributed by atoms with Crippen LogP contribution in [0.4, 0.5) is 0 Å². The maximum Gasteiger partial charge on any atom is 0.0367 e. The highest BCUT2D eigenvalue weighted by atomic mass is 15.2. The predicted octanol–water partition coefficient (Wildman–Crippen LogP) is 3.85. The largest absolute Gasteiger partial charge is 0.369 e. The van der Waals surface area contributed by atoms with Crippen molar-refractivity contribution in [2.24, 2.45) is 0 Å². The van der Waals surface area contributed by atoms with Gasteiger partial charge in [-0.05, 0) is 42.2 Å². The van der Waals surface area contributed by atoms with Crippen LogP contribution in [-0.2, 0) is 0 Å². The van der Waals surface area contributed by atoms with Gasteiger partial charge in [0.25, 0.3) is 0 Å². The van der Waals surface area contributed by atoms with Crippen LogP contribution in [0.25, 0.3) is 16.8 Å². The van der Waals surface area contributed by atoms with Crippen LogP contribution in [0.1, 0.15) is 16.7 Å². The molecule has 0 amide bonds. The van der Waals surface area contributed by atoms with Crippen LogP contribution in [0.3, 0.4) is 0 Å². The smallest absolute Gasteiger partial charge is 0.0367 e. The van der Waals surface area contributed by atoms with Gasteiger partial charge in [0.05, 0.1) is 0 Å². The quantitative estimate of drug-likeness (QED) is 0.924. The Morgan fingerprint density at radius 1 is 1.05 bits per heavy atom. The van der Waals surface area contributed by atoms with E-state index in [9.17, 15) is 0 Å². The van der Waals surface area contributed by atoms with E-state index in [1.165, 1.54) is 27.8 Å². The summed E-state index contributed by atoms with van der Waals surface area (Å²) < 4.78 is 0. The van der Waals surface area contributed by atoms with Crippen molar-refractivity contribution in [2.75, 3.05) is 26.2 Å². The van der Waals surface area contributed by atoms with Gasteiger partial charge in [0.15, 0.2) is 0 Å². The van der Waals surface area contributed by atoms with E-state index in [0.29, 0.717) is 0 Å². The molecule has 0 aliphatic carbocycles. The molecule has 1 heterocycles. The molecule has 1 saturated heterocycles. The normalized spacial score (nSPS) is 14.9. The van der Waals surface area contributed by atoms with Gasteiger partial charge in [-0.1, -0.05) is 48.5 Å². The molecule has 1 aliphatic rings. The zero-order valence-corrected chi connectivity index (χ0v) is 13.5. The molecule has 0 saturated carbocycles. The zero-order valence-electron chi connectivity index (χ0n) is 13.5. The molecule has 0 radical (unpaired) electrons. The van der Waals surface area contributed by atoms with Gasteiger partial charge in [-0.2, -0.15) is 0 Å². The molecule has 2 heteroatoms. The van der Waals surface area contributed by atoms with Crippen LogP contribution in [0, 0.1) is 13.8 Å². The molecule has 0 unspecified atom stereocenters. The maximum absolute atomic E-state index is 4.32. The standard InChI is InChI=1S/C20H24N2/c1-15-7-8-16(2)20(13-15)19-6-4-5-18(14-19)17(3)22-11-9-21-10-12-22/h4-8,13-14,21H,3,9-12H2,1-2H3. The average Bonchev–Trinajstić information content (AvgIpc) is 2.57. The van der Waals surface area contributed by atoms with E-state index < -0.39 is 0 Å². The van der Waals surface area contributed by atoms with Gasteiger partial charge in [0, 0.05) is 31.9 Å². The lowest BCUT2D eigenvalue weighted by molar-refractivity contribution is 0.341. The topological polar surface area (TPSA) is 15.3 Å². The maximum atomic E-state index is 4.32. The second kappa shape index (κ2) is 6.37. The SMILES string of the molecule is C=C(c1cccc(-c2cc(C)ccc2C)c1)N1CCNCC1. The summed E-state index contributed by atoms with van der Waals surface area (Å²) in [5.41, 5.74) is 7.56. The van der Waals surface area contributed by atoms with Gasteiger partial charge >= 0.3 is 0 Å². The minimum Gasteiger partial charge on any atom is -0.369 e. The van der Waals surface area contributed by atoms with Gasteiger partial charge in [0.1, 0.15) is 0 Å². The lowest BCUT2D eigenvalue weighted by atomic mass is 9.96.